The van der Waals surface area contributed by atoms with Crippen LogP contribution in [0.5, 0.6) is 5.75 Å². The van der Waals surface area contributed by atoms with Gasteiger partial charge in [0.25, 0.3) is 5.91 Å². The van der Waals surface area contributed by atoms with Gasteiger partial charge in [-0.1, -0.05) is 23.7 Å². The fourth-order valence-corrected chi connectivity index (χ4v) is 3.35. The third kappa shape index (κ3) is 4.46. The quantitative estimate of drug-likeness (QED) is 0.697. The minimum absolute atomic E-state index is 0.360. The van der Waals surface area contributed by atoms with Crippen LogP contribution in [0.15, 0.2) is 53.7 Å². The van der Waals surface area contributed by atoms with Crippen molar-refractivity contribution in [3.05, 3.63) is 64.3 Å². The Morgan fingerprint density at radius 2 is 1.86 bits per heavy atom. The molecule has 2 aromatic rings. The number of hydrogen-bond donors (Lipinski definition) is 3. The van der Waals surface area contributed by atoms with E-state index in [-0.39, 0.29) is 11.9 Å². The summed E-state index contributed by atoms with van der Waals surface area (Å²) >= 11 is 6.06. The van der Waals surface area contributed by atoms with Crippen molar-refractivity contribution in [3.8, 4) is 5.75 Å². The molecule has 0 saturated heterocycles. The molecule has 1 aliphatic rings. The van der Waals surface area contributed by atoms with Gasteiger partial charge in [-0.2, -0.15) is 0 Å². The van der Waals surface area contributed by atoms with Gasteiger partial charge in [-0.25, -0.2) is 4.79 Å². The highest BCUT2D eigenvalue weighted by Crippen LogP contribution is 2.32. The maximum atomic E-state index is 13.2. The topological polar surface area (TPSA) is 82.7 Å². The smallest absolute Gasteiger partial charge is 0.319 e. The van der Waals surface area contributed by atoms with Gasteiger partial charge in [0.05, 0.1) is 24.4 Å². The first-order valence-electron chi connectivity index (χ1n) is 9.00. The molecule has 0 radical (unpaired) electrons. The minimum Gasteiger partial charge on any atom is -0.495 e. The molecule has 8 heteroatoms. The van der Waals surface area contributed by atoms with E-state index in [1.54, 1.807) is 25.1 Å². The van der Waals surface area contributed by atoms with E-state index in [4.69, 9.17) is 16.3 Å². The van der Waals surface area contributed by atoms with Crippen molar-refractivity contribution in [2.24, 2.45) is 0 Å². The summed E-state index contributed by atoms with van der Waals surface area (Å²) in [5.74, 6) is 0.123. The van der Waals surface area contributed by atoms with E-state index in [2.05, 4.69) is 16.0 Å². The fraction of sp³-hybridized carbons (Fsp3) is 0.238. The van der Waals surface area contributed by atoms with Gasteiger partial charge >= 0.3 is 6.03 Å². The molecule has 0 aliphatic carbocycles. The molecule has 3 amide bonds. The maximum absolute atomic E-state index is 13.2. The molecule has 0 fully saturated rings. The molecule has 1 unspecified atom stereocenters. The number of methoxy groups -OCH3 is 1. The number of urea groups is 1. The predicted octanol–water partition coefficient (Wildman–Crippen LogP) is 3.68. The van der Waals surface area contributed by atoms with Gasteiger partial charge in [0, 0.05) is 30.5 Å². The lowest BCUT2D eigenvalue weighted by atomic mass is 9.94. The molecule has 7 nitrogen and oxygen atoms in total. The van der Waals surface area contributed by atoms with Gasteiger partial charge in [0.2, 0.25) is 0 Å². The molecule has 0 bridgehead atoms. The third-order valence-corrected chi connectivity index (χ3v) is 4.90. The Morgan fingerprint density at radius 3 is 2.48 bits per heavy atom. The van der Waals surface area contributed by atoms with Crippen LogP contribution < -0.4 is 25.6 Å². The number of nitrogens with zero attached hydrogens (tertiary/aromatic N) is 1. The first kappa shape index (κ1) is 20.5. The summed E-state index contributed by atoms with van der Waals surface area (Å²) in [4.78, 5) is 27.2. The second-order valence-electron chi connectivity index (χ2n) is 6.85. The molecule has 0 spiro atoms. The molecule has 3 N–H and O–H groups in total. The van der Waals surface area contributed by atoms with Crippen molar-refractivity contribution in [2.45, 2.75) is 13.0 Å². The summed E-state index contributed by atoms with van der Waals surface area (Å²) < 4.78 is 5.30. The number of nitrogens with one attached hydrogen (secondary N) is 3. The van der Waals surface area contributed by atoms with Crippen LogP contribution in [0.25, 0.3) is 0 Å². The van der Waals surface area contributed by atoms with Gasteiger partial charge in [0.15, 0.2) is 0 Å². The van der Waals surface area contributed by atoms with Gasteiger partial charge in [-0.3, -0.25) is 4.79 Å². The number of hydrogen-bond acceptors (Lipinski definition) is 4. The Labute approximate surface area is 174 Å². The Balaban J connectivity index is 1.95. The largest absolute Gasteiger partial charge is 0.495 e. The Morgan fingerprint density at radius 1 is 1.17 bits per heavy atom. The summed E-state index contributed by atoms with van der Waals surface area (Å²) in [5.41, 5.74) is 3.15. The number of carbonyl (C=O) groups excluding carboxylic acids is 2. The summed E-state index contributed by atoms with van der Waals surface area (Å²) in [6.07, 6.45) is 0. The number of ether oxygens (including phenoxy) is 1. The van der Waals surface area contributed by atoms with Crippen LogP contribution >= 0.6 is 11.6 Å². The van der Waals surface area contributed by atoms with Crippen molar-refractivity contribution in [3.63, 3.8) is 0 Å². The minimum atomic E-state index is -0.592. The summed E-state index contributed by atoms with van der Waals surface area (Å²) in [5, 5.41) is 8.81. The predicted molar refractivity (Wildman–Crippen MR) is 115 cm³/mol. The van der Waals surface area contributed by atoms with Gasteiger partial charge in [0.1, 0.15) is 5.75 Å². The SMILES string of the molecule is COc1ccc(Cl)cc1NC(=O)C1=C(C)NC(=O)NC1c1ccc(N(C)C)cc1. The second kappa shape index (κ2) is 8.45. The second-order valence-corrected chi connectivity index (χ2v) is 7.29. The molecule has 29 heavy (non-hydrogen) atoms. The first-order chi connectivity index (χ1) is 13.8. The zero-order valence-corrected chi connectivity index (χ0v) is 17.4. The fourth-order valence-electron chi connectivity index (χ4n) is 3.18. The Hall–Kier alpha value is -3.19. The molecule has 3 rings (SSSR count). The van der Waals surface area contributed by atoms with Gasteiger partial charge in [-0.15, -0.1) is 0 Å². The lowest BCUT2D eigenvalue weighted by Gasteiger charge is -2.29. The van der Waals surface area contributed by atoms with E-state index < -0.39 is 6.04 Å². The van der Waals surface area contributed by atoms with Crippen LogP contribution in [0.2, 0.25) is 5.02 Å². The molecule has 1 aliphatic heterocycles. The van der Waals surface area contributed by atoms with Gasteiger partial charge in [-0.05, 0) is 42.8 Å². The van der Waals surface area contributed by atoms with E-state index >= 15 is 0 Å². The maximum Gasteiger partial charge on any atom is 0.319 e. The van der Waals surface area contributed by atoms with Crippen molar-refractivity contribution < 1.29 is 14.3 Å². The van der Waals surface area contributed by atoms with Crippen LogP contribution in [0.4, 0.5) is 16.2 Å². The normalized spacial score (nSPS) is 16.0. The third-order valence-electron chi connectivity index (χ3n) is 4.67. The molecule has 1 atom stereocenters. The number of anilines is 2. The van der Waals surface area contributed by atoms with Crippen LogP contribution in [-0.2, 0) is 4.79 Å². The number of allylic oxidation sites excluding steroid dienone is 1. The zero-order chi connectivity index (χ0) is 21.1. The Bertz CT molecular complexity index is 970. The zero-order valence-electron chi connectivity index (χ0n) is 16.7. The highest BCUT2D eigenvalue weighted by atomic mass is 35.5. The van der Waals surface area contributed by atoms with E-state index in [1.807, 2.05) is 43.3 Å². The first-order valence-corrected chi connectivity index (χ1v) is 9.38. The molecular weight excluding hydrogens is 392 g/mol. The number of rotatable bonds is 5. The average molecular weight is 415 g/mol. The lowest BCUT2D eigenvalue weighted by Crippen LogP contribution is -2.46. The van der Waals surface area contributed by atoms with Crippen LogP contribution in [0, 0.1) is 0 Å². The van der Waals surface area contributed by atoms with E-state index in [1.165, 1.54) is 7.11 Å². The summed E-state index contributed by atoms with van der Waals surface area (Å²) in [6.45, 7) is 1.70. The molecular formula is C21H23ClN4O3. The molecule has 1 heterocycles. The molecule has 0 saturated carbocycles. The molecule has 2 aromatic carbocycles. The van der Waals surface area contributed by atoms with E-state index in [9.17, 15) is 9.59 Å². The van der Waals surface area contributed by atoms with E-state index in [0.29, 0.717) is 27.7 Å². The number of carbonyl (C=O) groups is 2. The highest BCUT2D eigenvalue weighted by Gasteiger charge is 2.31. The molecule has 0 aromatic heterocycles. The number of amides is 3. The van der Waals surface area contributed by atoms with Crippen LogP contribution in [-0.4, -0.2) is 33.1 Å². The van der Waals surface area contributed by atoms with Crippen molar-refractivity contribution in [2.75, 3.05) is 31.4 Å². The van der Waals surface area contributed by atoms with Crippen molar-refractivity contribution >= 4 is 34.9 Å². The van der Waals surface area contributed by atoms with Crippen molar-refractivity contribution in [1.29, 1.82) is 0 Å². The van der Waals surface area contributed by atoms with Gasteiger partial charge < -0.3 is 25.6 Å². The Kier molecular flexibility index (Phi) is 5.98. The number of benzene rings is 2. The summed E-state index contributed by atoms with van der Waals surface area (Å²) in [7, 11) is 5.41. The summed E-state index contributed by atoms with van der Waals surface area (Å²) in [6, 6.07) is 11.7. The van der Waals surface area contributed by atoms with E-state index in [0.717, 1.165) is 11.3 Å². The number of halogens is 1. The van der Waals surface area contributed by atoms with Crippen LogP contribution in [0.3, 0.4) is 0 Å². The van der Waals surface area contributed by atoms with Crippen LogP contribution in [0.1, 0.15) is 18.5 Å². The standard InChI is InChI=1S/C21H23ClN4O3/c1-12-18(20(27)24-16-11-14(22)7-10-17(16)29-4)19(25-21(28)23-12)13-5-8-15(9-6-13)26(2)3/h5-11,19H,1-4H3,(H,24,27)(H2,23,25,28). The molecule has 152 valence electrons. The van der Waals surface area contributed by atoms with Crippen molar-refractivity contribution in [1.82, 2.24) is 10.6 Å². The average Bonchev–Trinajstić information content (AvgIpc) is 2.67. The monoisotopic (exact) mass is 414 g/mol. The lowest BCUT2D eigenvalue weighted by molar-refractivity contribution is -0.113. The highest BCUT2D eigenvalue weighted by molar-refractivity contribution is 6.31.